The number of aryl methyl sites for hydroxylation is 1. The highest BCUT2D eigenvalue weighted by molar-refractivity contribution is 5.78. The lowest BCUT2D eigenvalue weighted by Crippen LogP contribution is -2.40. The fourth-order valence-corrected chi connectivity index (χ4v) is 3.90. The van der Waals surface area contributed by atoms with Gasteiger partial charge in [-0.2, -0.15) is 0 Å². The number of likely N-dealkylation sites (N-methyl/N-ethyl adjacent to an activating group) is 1. The molecule has 4 nitrogen and oxygen atoms in total. The highest BCUT2D eigenvalue weighted by Crippen LogP contribution is 2.30. The maximum atomic E-state index is 12.5. The number of carbonyl (C=O) groups is 1. The van der Waals surface area contributed by atoms with E-state index in [0.29, 0.717) is 6.54 Å². The number of hydrogen-bond donors (Lipinski definition) is 0. The van der Waals surface area contributed by atoms with Crippen LogP contribution in [0.4, 0.5) is 0 Å². The number of rotatable bonds is 7. The van der Waals surface area contributed by atoms with Crippen molar-refractivity contribution in [3.05, 3.63) is 65.0 Å². The lowest BCUT2D eigenvalue weighted by atomic mass is 10.1. The number of aromatic nitrogens is 1. The second-order valence-electron chi connectivity index (χ2n) is 7.41. The van der Waals surface area contributed by atoms with Gasteiger partial charge in [0.1, 0.15) is 0 Å². The second-order valence-corrected chi connectivity index (χ2v) is 7.41. The molecule has 1 saturated heterocycles. The molecular formula is C23H31N3O. The predicted molar refractivity (Wildman–Crippen MR) is 110 cm³/mol. The first-order chi connectivity index (χ1) is 13.1. The number of likely N-dealkylation sites (tertiary alicyclic amines) is 1. The molecule has 1 fully saturated rings. The van der Waals surface area contributed by atoms with Crippen LogP contribution in [0.5, 0.6) is 0 Å². The van der Waals surface area contributed by atoms with Crippen molar-refractivity contribution in [3.63, 3.8) is 0 Å². The molecule has 1 unspecified atom stereocenters. The molecule has 2 heterocycles. The molecule has 144 valence electrons. The van der Waals surface area contributed by atoms with E-state index >= 15 is 0 Å². The third-order valence-corrected chi connectivity index (χ3v) is 5.49. The SMILES string of the molecule is CCN(CC)C(=O)CN1CCCC1c1cccc(Cc2ccc(C)cc2)n1. The molecule has 0 spiro atoms. The molecule has 1 atom stereocenters. The van der Waals surface area contributed by atoms with Crippen molar-refractivity contribution in [1.29, 1.82) is 0 Å². The molecule has 0 radical (unpaired) electrons. The summed E-state index contributed by atoms with van der Waals surface area (Å²) in [6.45, 7) is 9.21. The Balaban J connectivity index is 1.71. The van der Waals surface area contributed by atoms with Gasteiger partial charge in [-0.05, 0) is 57.9 Å². The van der Waals surface area contributed by atoms with Gasteiger partial charge in [0.25, 0.3) is 0 Å². The highest BCUT2D eigenvalue weighted by atomic mass is 16.2. The van der Waals surface area contributed by atoms with Gasteiger partial charge in [0.2, 0.25) is 5.91 Å². The van der Waals surface area contributed by atoms with Crippen LogP contribution in [0.15, 0.2) is 42.5 Å². The van der Waals surface area contributed by atoms with Crippen LogP contribution in [-0.4, -0.2) is 46.9 Å². The van der Waals surface area contributed by atoms with Crippen molar-refractivity contribution < 1.29 is 4.79 Å². The summed E-state index contributed by atoms with van der Waals surface area (Å²) in [5.74, 6) is 0.225. The topological polar surface area (TPSA) is 36.4 Å². The van der Waals surface area contributed by atoms with Crippen LogP contribution in [0.1, 0.15) is 55.2 Å². The zero-order valence-electron chi connectivity index (χ0n) is 16.8. The van der Waals surface area contributed by atoms with Crippen LogP contribution < -0.4 is 0 Å². The molecule has 0 N–H and O–H groups in total. The van der Waals surface area contributed by atoms with E-state index in [1.807, 2.05) is 18.7 Å². The first-order valence-electron chi connectivity index (χ1n) is 10.1. The van der Waals surface area contributed by atoms with Gasteiger partial charge in [0, 0.05) is 25.2 Å². The molecule has 1 aliphatic heterocycles. The maximum Gasteiger partial charge on any atom is 0.236 e. The Morgan fingerprint density at radius 2 is 1.89 bits per heavy atom. The molecule has 0 aliphatic carbocycles. The van der Waals surface area contributed by atoms with Crippen molar-refractivity contribution in [2.24, 2.45) is 0 Å². The van der Waals surface area contributed by atoms with E-state index < -0.39 is 0 Å². The largest absolute Gasteiger partial charge is 0.342 e. The van der Waals surface area contributed by atoms with Crippen LogP contribution in [0.25, 0.3) is 0 Å². The average molecular weight is 366 g/mol. The Morgan fingerprint density at radius 1 is 1.15 bits per heavy atom. The quantitative estimate of drug-likeness (QED) is 0.744. The zero-order chi connectivity index (χ0) is 19.2. The van der Waals surface area contributed by atoms with Crippen molar-refractivity contribution in [2.75, 3.05) is 26.2 Å². The van der Waals surface area contributed by atoms with Crippen molar-refractivity contribution in [3.8, 4) is 0 Å². The number of amides is 1. The summed E-state index contributed by atoms with van der Waals surface area (Å²) in [7, 11) is 0. The Morgan fingerprint density at radius 3 is 2.59 bits per heavy atom. The summed E-state index contributed by atoms with van der Waals surface area (Å²) in [4.78, 5) is 21.7. The highest BCUT2D eigenvalue weighted by Gasteiger charge is 2.29. The molecule has 3 rings (SSSR count). The molecule has 0 saturated carbocycles. The number of nitrogens with zero attached hydrogens (tertiary/aromatic N) is 3. The summed E-state index contributed by atoms with van der Waals surface area (Å²) in [5.41, 5.74) is 4.76. The summed E-state index contributed by atoms with van der Waals surface area (Å²) in [6.07, 6.45) is 3.05. The summed E-state index contributed by atoms with van der Waals surface area (Å²) in [6, 6.07) is 15.2. The van der Waals surface area contributed by atoms with E-state index in [2.05, 4.69) is 54.3 Å². The number of benzene rings is 1. The molecule has 4 heteroatoms. The van der Waals surface area contributed by atoms with Crippen LogP contribution in [0, 0.1) is 6.92 Å². The van der Waals surface area contributed by atoms with E-state index in [0.717, 1.165) is 50.3 Å². The van der Waals surface area contributed by atoms with E-state index in [4.69, 9.17) is 4.98 Å². The first-order valence-corrected chi connectivity index (χ1v) is 10.1. The second kappa shape index (κ2) is 9.14. The van der Waals surface area contributed by atoms with Gasteiger partial charge in [-0.3, -0.25) is 14.7 Å². The third kappa shape index (κ3) is 4.95. The lowest BCUT2D eigenvalue weighted by Gasteiger charge is -2.27. The Kier molecular flexibility index (Phi) is 6.62. The minimum Gasteiger partial charge on any atom is -0.342 e. The fourth-order valence-electron chi connectivity index (χ4n) is 3.90. The smallest absolute Gasteiger partial charge is 0.236 e. The molecule has 1 aliphatic rings. The summed E-state index contributed by atoms with van der Waals surface area (Å²) in [5, 5.41) is 0. The van der Waals surface area contributed by atoms with E-state index in [9.17, 15) is 4.79 Å². The van der Waals surface area contributed by atoms with E-state index in [1.165, 1.54) is 11.1 Å². The molecular weight excluding hydrogens is 334 g/mol. The number of pyridine rings is 1. The van der Waals surface area contributed by atoms with Gasteiger partial charge in [0.15, 0.2) is 0 Å². The lowest BCUT2D eigenvalue weighted by molar-refractivity contribution is -0.132. The van der Waals surface area contributed by atoms with Crippen LogP contribution >= 0.6 is 0 Å². The molecule has 27 heavy (non-hydrogen) atoms. The Labute approximate surface area is 163 Å². The molecule has 2 aromatic rings. The monoisotopic (exact) mass is 365 g/mol. The standard InChI is InChI=1S/C23H31N3O/c1-4-25(5-2)23(27)17-26-15-7-10-22(26)21-9-6-8-20(24-21)16-19-13-11-18(3)12-14-19/h6,8-9,11-14,22H,4-5,7,10,15-17H2,1-3H3. The molecule has 0 bridgehead atoms. The molecule has 1 aromatic carbocycles. The Bertz CT molecular complexity index is 752. The van der Waals surface area contributed by atoms with Gasteiger partial charge in [0.05, 0.1) is 18.3 Å². The van der Waals surface area contributed by atoms with Gasteiger partial charge in [-0.1, -0.05) is 35.9 Å². The van der Waals surface area contributed by atoms with Crippen LogP contribution in [0.2, 0.25) is 0 Å². The van der Waals surface area contributed by atoms with Gasteiger partial charge in [-0.25, -0.2) is 0 Å². The fraction of sp³-hybridized carbons (Fsp3) is 0.478. The number of carbonyl (C=O) groups excluding carboxylic acids is 1. The summed E-state index contributed by atoms with van der Waals surface area (Å²) >= 11 is 0. The van der Waals surface area contributed by atoms with Crippen molar-refractivity contribution in [1.82, 2.24) is 14.8 Å². The predicted octanol–water partition coefficient (Wildman–Crippen LogP) is 3.99. The van der Waals surface area contributed by atoms with Crippen LogP contribution in [-0.2, 0) is 11.2 Å². The Hall–Kier alpha value is -2.20. The minimum absolute atomic E-state index is 0.225. The van der Waals surface area contributed by atoms with Crippen molar-refractivity contribution >= 4 is 5.91 Å². The maximum absolute atomic E-state index is 12.5. The normalized spacial score (nSPS) is 17.2. The van der Waals surface area contributed by atoms with Gasteiger partial charge >= 0.3 is 0 Å². The molecule has 1 aromatic heterocycles. The first kappa shape index (κ1) is 19.6. The minimum atomic E-state index is 0.225. The zero-order valence-corrected chi connectivity index (χ0v) is 16.8. The van der Waals surface area contributed by atoms with Crippen LogP contribution in [0.3, 0.4) is 0 Å². The summed E-state index contributed by atoms with van der Waals surface area (Å²) < 4.78 is 0. The van der Waals surface area contributed by atoms with E-state index in [1.54, 1.807) is 0 Å². The van der Waals surface area contributed by atoms with Gasteiger partial charge in [-0.15, -0.1) is 0 Å². The average Bonchev–Trinajstić information content (AvgIpc) is 3.13. The third-order valence-electron chi connectivity index (χ3n) is 5.49. The number of hydrogen-bond acceptors (Lipinski definition) is 3. The van der Waals surface area contributed by atoms with Crippen molar-refractivity contribution in [2.45, 2.75) is 46.1 Å². The van der Waals surface area contributed by atoms with E-state index in [-0.39, 0.29) is 11.9 Å². The molecule has 1 amide bonds. The van der Waals surface area contributed by atoms with Gasteiger partial charge < -0.3 is 4.90 Å².